The van der Waals surface area contributed by atoms with Crippen LogP contribution < -0.4 is 0 Å². The molecule has 0 aliphatic heterocycles. The van der Waals surface area contributed by atoms with Crippen molar-refractivity contribution in [3.8, 4) is 22.4 Å². The highest BCUT2D eigenvalue weighted by atomic mass is 14.7. The van der Waals surface area contributed by atoms with E-state index in [9.17, 15) is 0 Å². The second kappa shape index (κ2) is 7.24. The first-order valence-electron chi connectivity index (χ1n) is 9.64. The van der Waals surface area contributed by atoms with Gasteiger partial charge in [-0.3, -0.25) is 9.98 Å². The lowest BCUT2D eigenvalue weighted by molar-refractivity contribution is 0.942. The number of hydrogen-bond acceptors (Lipinski definition) is 2. The average Bonchev–Trinajstić information content (AvgIpc) is 2.78. The molecular formula is C26H20N2. The largest absolute Gasteiger partial charge is 0.256 e. The molecule has 0 unspecified atom stereocenters. The highest BCUT2D eigenvalue weighted by Gasteiger charge is 2.18. The van der Waals surface area contributed by atoms with Crippen molar-refractivity contribution < 1.29 is 0 Å². The molecule has 134 valence electrons. The lowest BCUT2D eigenvalue weighted by Crippen LogP contribution is -2.03. The van der Waals surface area contributed by atoms with Gasteiger partial charge in [-0.2, -0.15) is 0 Å². The van der Waals surface area contributed by atoms with E-state index in [0.717, 1.165) is 35.3 Å². The van der Waals surface area contributed by atoms with Gasteiger partial charge in [0.25, 0.3) is 0 Å². The van der Waals surface area contributed by atoms with Gasteiger partial charge in [-0.1, -0.05) is 60.7 Å². The van der Waals surface area contributed by atoms with E-state index in [1.165, 1.54) is 22.3 Å². The number of aliphatic imine (C=N–C) groups is 1. The second-order valence-electron chi connectivity index (χ2n) is 7.07. The van der Waals surface area contributed by atoms with E-state index in [-0.39, 0.29) is 0 Å². The summed E-state index contributed by atoms with van der Waals surface area (Å²) in [5.74, 6) is 0. The lowest BCUT2D eigenvalue weighted by atomic mass is 9.85. The van der Waals surface area contributed by atoms with Gasteiger partial charge in [-0.15, -0.1) is 0 Å². The van der Waals surface area contributed by atoms with Gasteiger partial charge in [0.15, 0.2) is 0 Å². The number of nitrogens with zero attached hydrogens (tertiary/aromatic N) is 2. The predicted molar refractivity (Wildman–Crippen MR) is 116 cm³/mol. The van der Waals surface area contributed by atoms with E-state index in [0.29, 0.717) is 0 Å². The maximum atomic E-state index is 4.88. The summed E-state index contributed by atoms with van der Waals surface area (Å²) in [5.41, 5.74) is 9.58. The molecule has 1 aliphatic carbocycles. The minimum absolute atomic E-state index is 0.976. The Balaban J connectivity index is 1.53. The molecule has 28 heavy (non-hydrogen) atoms. The van der Waals surface area contributed by atoms with Crippen LogP contribution in [0.5, 0.6) is 0 Å². The molecule has 0 saturated heterocycles. The van der Waals surface area contributed by atoms with E-state index in [4.69, 9.17) is 4.99 Å². The van der Waals surface area contributed by atoms with Crippen molar-refractivity contribution in [2.24, 2.45) is 4.99 Å². The minimum Gasteiger partial charge on any atom is -0.256 e. The molecule has 1 heterocycles. The molecular weight excluding hydrogens is 340 g/mol. The maximum absolute atomic E-state index is 4.88. The van der Waals surface area contributed by atoms with Crippen LogP contribution in [0.2, 0.25) is 0 Å². The molecule has 3 aromatic carbocycles. The first kappa shape index (κ1) is 16.6. The zero-order valence-electron chi connectivity index (χ0n) is 15.5. The van der Waals surface area contributed by atoms with Crippen LogP contribution in [0.4, 0.5) is 5.69 Å². The molecule has 0 fully saturated rings. The number of hydrogen-bond donors (Lipinski definition) is 0. The van der Waals surface area contributed by atoms with E-state index < -0.39 is 0 Å². The first-order valence-corrected chi connectivity index (χ1v) is 9.64. The Morgan fingerprint density at radius 3 is 2.50 bits per heavy atom. The molecule has 5 rings (SSSR count). The molecule has 0 saturated carbocycles. The van der Waals surface area contributed by atoms with Crippen molar-refractivity contribution in [2.75, 3.05) is 0 Å². The third kappa shape index (κ3) is 3.14. The molecule has 2 nitrogen and oxygen atoms in total. The van der Waals surface area contributed by atoms with Crippen LogP contribution in [0, 0.1) is 0 Å². The molecule has 4 aromatic rings. The van der Waals surface area contributed by atoms with Crippen LogP contribution in [-0.2, 0) is 12.8 Å². The zero-order valence-corrected chi connectivity index (χ0v) is 15.5. The summed E-state index contributed by atoms with van der Waals surface area (Å²) >= 11 is 0. The SMILES string of the molecule is C(=Nc1cccc2c1-c1ccccc1CC2)c1cccc(-c2ccccn2)c1. The predicted octanol–water partition coefficient (Wildman–Crippen LogP) is 6.26. The molecule has 2 heteroatoms. The third-order valence-corrected chi connectivity index (χ3v) is 5.28. The zero-order chi connectivity index (χ0) is 18.8. The smallest absolute Gasteiger partial charge is 0.0711 e. The number of pyridine rings is 1. The molecule has 0 spiro atoms. The molecule has 1 aliphatic rings. The van der Waals surface area contributed by atoms with Gasteiger partial charge in [0, 0.05) is 23.5 Å². The van der Waals surface area contributed by atoms with Gasteiger partial charge < -0.3 is 0 Å². The fourth-order valence-corrected chi connectivity index (χ4v) is 3.92. The summed E-state index contributed by atoms with van der Waals surface area (Å²) in [4.78, 5) is 9.32. The molecule has 0 atom stereocenters. The van der Waals surface area contributed by atoms with Gasteiger partial charge >= 0.3 is 0 Å². The van der Waals surface area contributed by atoms with Gasteiger partial charge in [0.1, 0.15) is 0 Å². The van der Waals surface area contributed by atoms with Crippen molar-refractivity contribution in [3.05, 3.63) is 108 Å². The van der Waals surface area contributed by atoms with Crippen LogP contribution in [0.25, 0.3) is 22.4 Å². The Bertz CT molecular complexity index is 1160. The quantitative estimate of drug-likeness (QED) is 0.396. The molecule has 1 aromatic heterocycles. The Morgan fingerprint density at radius 2 is 1.57 bits per heavy atom. The number of fused-ring (bicyclic) bond motifs is 3. The third-order valence-electron chi connectivity index (χ3n) is 5.28. The van der Waals surface area contributed by atoms with Crippen molar-refractivity contribution >= 4 is 11.9 Å². The first-order chi connectivity index (χ1) is 13.9. The Labute approximate surface area is 165 Å². The average molecular weight is 360 g/mol. The summed E-state index contributed by atoms with van der Waals surface area (Å²) in [6.07, 6.45) is 5.95. The van der Waals surface area contributed by atoms with Crippen molar-refractivity contribution in [2.45, 2.75) is 12.8 Å². The molecule has 0 N–H and O–H groups in total. The summed E-state index contributed by atoms with van der Waals surface area (Å²) < 4.78 is 0. The number of aryl methyl sites for hydroxylation is 2. The van der Waals surface area contributed by atoms with Gasteiger partial charge in [-0.05, 0) is 59.4 Å². The van der Waals surface area contributed by atoms with Gasteiger partial charge in [-0.25, -0.2) is 0 Å². The van der Waals surface area contributed by atoms with E-state index >= 15 is 0 Å². The standard InChI is InChI=1S/C26H20N2/c1-2-11-23-20(8-1)14-15-21-9-6-13-25(26(21)23)28-18-19-7-5-10-22(17-19)24-12-3-4-16-27-24/h1-13,16-18H,14-15H2. The van der Waals surface area contributed by atoms with Gasteiger partial charge in [0.2, 0.25) is 0 Å². The summed E-state index contributed by atoms with van der Waals surface area (Å²) in [5, 5.41) is 0. The van der Waals surface area contributed by atoms with Crippen molar-refractivity contribution in [1.29, 1.82) is 0 Å². The van der Waals surface area contributed by atoms with Gasteiger partial charge in [0.05, 0.1) is 11.4 Å². The number of rotatable bonds is 3. The monoisotopic (exact) mass is 360 g/mol. The number of benzene rings is 3. The van der Waals surface area contributed by atoms with E-state index in [1.54, 1.807) is 0 Å². The van der Waals surface area contributed by atoms with Crippen molar-refractivity contribution in [1.82, 2.24) is 4.98 Å². The fourth-order valence-electron chi connectivity index (χ4n) is 3.92. The molecule has 0 bridgehead atoms. The Kier molecular flexibility index (Phi) is 4.30. The highest BCUT2D eigenvalue weighted by molar-refractivity contribution is 5.89. The van der Waals surface area contributed by atoms with Crippen LogP contribution in [0.1, 0.15) is 16.7 Å². The normalized spacial score (nSPS) is 12.6. The Morgan fingerprint density at radius 1 is 0.750 bits per heavy atom. The molecule has 0 amide bonds. The van der Waals surface area contributed by atoms with E-state index in [2.05, 4.69) is 71.7 Å². The van der Waals surface area contributed by atoms with Crippen LogP contribution in [-0.4, -0.2) is 11.2 Å². The minimum atomic E-state index is 0.976. The molecule has 0 radical (unpaired) electrons. The van der Waals surface area contributed by atoms with Crippen LogP contribution in [0.15, 0.2) is 96.1 Å². The summed E-state index contributed by atoms with van der Waals surface area (Å²) in [6.45, 7) is 0. The number of aromatic nitrogens is 1. The lowest BCUT2D eigenvalue weighted by Gasteiger charge is -2.21. The highest BCUT2D eigenvalue weighted by Crippen LogP contribution is 2.39. The summed E-state index contributed by atoms with van der Waals surface area (Å²) in [7, 11) is 0. The van der Waals surface area contributed by atoms with Crippen LogP contribution in [0.3, 0.4) is 0 Å². The Hall–Kier alpha value is -3.52. The second-order valence-corrected chi connectivity index (χ2v) is 7.07. The van der Waals surface area contributed by atoms with Crippen LogP contribution >= 0.6 is 0 Å². The summed E-state index contributed by atoms with van der Waals surface area (Å²) in [6, 6.07) is 29.5. The topological polar surface area (TPSA) is 25.2 Å². The van der Waals surface area contributed by atoms with E-state index in [1.807, 2.05) is 30.6 Å². The van der Waals surface area contributed by atoms with Crippen molar-refractivity contribution in [3.63, 3.8) is 0 Å². The fraction of sp³-hybridized carbons (Fsp3) is 0.0769. The maximum Gasteiger partial charge on any atom is 0.0711 e.